The molecule has 0 unspecified atom stereocenters. The van der Waals surface area contributed by atoms with Crippen LogP contribution in [0.1, 0.15) is 16.1 Å². The van der Waals surface area contributed by atoms with Gasteiger partial charge < -0.3 is 19.5 Å². The molecule has 1 N–H and O–H groups in total. The van der Waals surface area contributed by atoms with Crippen LogP contribution in [0.25, 0.3) is 10.6 Å². The van der Waals surface area contributed by atoms with E-state index in [4.69, 9.17) is 14.2 Å². The maximum atomic E-state index is 12.1. The van der Waals surface area contributed by atoms with E-state index in [1.165, 1.54) is 18.4 Å². The molecule has 0 fully saturated rings. The third kappa shape index (κ3) is 5.11. The van der Waals surface area contributed by atoms with Gasteiger partial charge in [0.2, 0.25) is 0 Å². The molecule has 0 saturated heterocycles. The molecule has 0 aliphatic rings. The number of esters is 1. The van der Waals surface area contributed by atoms with Gasteiger partial charge in [0.15, 0.2) is 23.8 Å². The van der Waals surface area contributed by atoms with Crippen molar-refractivity contribution < 1.29 is 23.8 Å². The molecule has 29 heavy (non-hydrogen) atoms. The Morgan fingerprint density at radius 1 is 1.21 bits per heavy atom. The van der Waals surface area contributed by atoms with Crippen LogP contribution < -0.4 is 14.8 Å². The Kier molecular flexibility index (Phi) is 6.45. The van der Waals surface area contributed by atoms with Crippen LogP contribution in [0.4, 0.5) is 0 Å². The van der Waals surface area contributed by atoms with Crippen molar-refractivity contribution in [3.8, 4) is 22.1 Å². The van der Waals surface area contributed by atoms with Crippen LogP contribution in [0.3, 0.4) is 0 Å². The lowest BCUT2D eigenvalue weighted by atomic mass is 10.2. The first-order valence-electron chi connectivity index (χ1n) is 8.59. The fraction of sp³-hybridized carbons (Fsp3) is 0.263. The van der Waals surface area contributed by atoms with Gasteiger partial charge >= 0.3 is 5.97 Å². The summed E-state index contributed by atoms with van der Waals surface area (Å²) in [5.41, 5.74) is 1.79. The molecule has 0 bridgehead atoms. The first-order chi connectivity index (χ1) is 14.0. The van der Waals surface area contributed by atoms with Crippen LogP contribution in [-0.2, 0) is 23.1 Å². The number of thiazole rings is 1. The highest BCUT2D eigenvalue weighted by Crippen LogP contribution is 2.27. The van der Waals surface area contributed by atoms with Crippen molar-refractivity contribution >= 4 is 23.2 Å². The Labute approximate surface area is 171 Å². The summed E-state index contributed by atoms with van der Waals surface area (Å²) in [5.74, 6) is 0.0950. The number of aromatic nitrogens is 3. The summed E-state index contributed by atoms with van der Waals surface area (Å²) in [5, 5.41) is 9.00. The van der Waals surface area contributed by atoms with Gasteiger partial charge in [0, 0.05) is 30.7 Å². The van der Waals surface area contributed by atoms with Crippen LogP contribution in [-0.4, -0.2) is 47.5 Å². The number of methoxy groups -OCH3 is 2. The molecule has 1 amide bonds. The van der Waals surface area contributed by atoms with Crippen molar-refractivity contribution in [3.05, 3.63) is 47.2 Å². The highest BCUT2D eigenvalue weighted by atomic mass is 32.1. The quantitative estimate of drug-likeness (QED) is 0.560. The molecule has 0 saturated carbocycles. The Hall–Kier alpha value is -3.40. The van der Waals surface area contributed by atoms with Crippen LogP contribution in [0.5, 0.6) is 11.5 Å². The lowest BCUT2D eigenvalue weighted by Gasteiger charge is -2.10. The van der Waals surface area contributed by atoms with Crippen LogP contribution in [0.15, 0.2) is 36.0 Å². The van der Waals surface area contributed by atoms with Gasteiger partial charge in [-0.15, -0.1) is 11.3 Å². The van der Waals surface area contributed by atoms with Gasteiger partial charge in [0.1, 0.15) is 5.01 Å². The minimum atomic E-state index is -0.655. The minimum Gasteiger partial charge on any atom is -0.493 e. The molecule has 3 rings (SSSR count). The number of nitrogens with zero attached hydrogens (tertiary/aromatic N) is 3. The largest absolute Gasteiger partial charge is 0.493 e. The number of nitrogens with one attached hydrogen (secondary N) is 1. The standard InChI is InChI=1S/C19H20N4O5S/c1-23-9-13(8-21-23)18-22-14(11-29-18)19(25)28-10-17(24)20-7-12-4-5-15(26-2)16(6-12)27-3/h4-6,8-9,11H,7,10H2,1-3H3,(H,20,24). The molecule has 10 heteroatoms. The van der Waals surface area contributed by atoms with E-state index in [2.05, 4.69) is 15.4 Å². The van der Waals surface area contributed by atoms with Crippen molar-refractivity contribution in [3.63, 3.8) is 0 Å². The first kappa shape index (κ1) is 20.3. The number of aryl methyl sites for hydroxylation is 1. The van der Waals surface area contributed by atoms with Crippen molar-refractivity contribution in [2.24, 2.45) is 7.05 Å². The summed E-state index contributed by atoms with van der Waals surface area (Å²) in [6.45, 7) is -0.134. The van der Waals surface area contributed by atoms with Crippen LogP contribution >= 0.6 is 11.3 Å². The molecule has 2 heterocycles. The fourth-order valence-electron chi connectivity index (χ4n) is 2.48. The molecule has 3 aromatic rings. The van der Waals surface area contributed by atoms with Crippen LogP contribution in [0.2, 0.25) is 0 Å². The lowest BCUT2D eigenvalue weighted by molar-refractivity contribution is -0.124. The van der Waals surface area contributed by atoms with Gasteiger partial charge in [-0.1, -0.05) is 6.07 Å². The summed E-state index contributed by atoms with van der Waals surface area (Å²) in [6.07, 6.45) is 3.46. The van der Waals surface area contributed by atoms with Crippen molar-refractivity contribution in [2.45, 2.75) is 6.54 Å². The SMILES string of the molecule is COc1ccc(CNC(=O)COC(=O)c2csc(-c3cnn(C)c3)n2)cc1OC. The number of ether oxygens (including phenoxy) is 3. The summed E-state index contributed by atoms with van der Waals surface area (Å²) in [7, 11) is 4.89. The molecule has 0 spiro atoms. The summed E-state index contributed by atoms with van der Waals surface area (Å²) < 4.78 is 17.1. The average molecular weight is 416 g/mol. The van der Waals surface area contributed by atoms with Gasteiger partial charge in [-0.3, -0.25) is 9.48 Å². The highest BCUT2D eigenvalue weighted by Gasteiger charge is 2.15. The molecule has 2 aromatic heterocycles. The predicted octanol–water partition coefficient (Wildman–Crippen LogP) is 2.03. The number of amides is 1. The fourth-order valence-corrected chi connectivity index (χ4v) is 3.24. The van der Waals surface area contributed by atoms with Crippen molar-refractivity contribution in [1.82, 2.24) is 20.1 Å². The number of carbonyl (C=O) groups excluding carboxylic acids is 2. The smallest absolute Gasteiger partial charge is 0.358 e. The Morgan fingerprint density at radius 3 is 2.69 bits per heavy atom. The topological polar surface area (TPSA) is 105 Å². The zero-order chi connectivity index (χ0) is 20.8. The molecular weight excluding hydrogens is 396 g/mol. The van der Waals surface area contributed by atoms with E-state index < -0.39 is 18.5 Å². The monoisotopic (exact) mass is 416 g/mol. The van der Waals surface area contributed by atoms with E-state index in [-0.39, 0.29) is 12.2 Å². The van der Waals surface area contributed by atoms with Gasteiger partial charge in [-0.25, -0.2) is 9.78 Å². The van der Waals surface area contributed by atoms with Gasteiger partial charge in [-0.05, 0) is 17.7 Å². The van der Waals surface area contributed by atoms with E-state index in [0.29, 0.717) is 16.5 Å². The second kappa shape index (κ2) is 9.20. The number of hydrogen-bond acceptors (Lipinski definition) is 8. The maximum absolute atomic E-state index is 12.1. The third-order valence-electron chi connectivity index (χ3n) is 3.94. The minimum absolute atomic E-state index is 0.154. The first-order valence-corrected chi connectivity index (χ1v) is 9.47. The lowest BCUT2D eigenvalue weighted by Crippen LogP contribution is -2.28. The number of rotatable bonds is 8. The summed E-state index contributed by atoms with van der Waals surface area (Å²) >= 11 is 1.30. The second-order valence-electron chi connectivity index (χ2n) is 5.98. The molecule has 152 valence electrons. The number of hydrogen-bond donors (Lipinski definition) is 1. The summed E-state index contributed by atoms with van der Waals surface area (Å²) in [4.78, 5) is 28.3. The molecule has 0 atom stereocenters. The van der Waals surface area contributed by atoms with E-state index in [1.54, 1.807) is 48.7 Å². The Morgan fingerprint density at radius 2 is 2.00 bits per heavy atom. The van der Waals surface area contributed by atoms with E-state index in [1.807, 2.05) is 6.07 Å². The Balaban J connectivity index is 1.49. The third-order valence-corrected chi connectivity index (χ3v) is 4.83. The number of carbonyl (C=O) groups is 2. The van der Waals surface area contributed by atoms with Crippen LogP contribution in [0, 0.1) is 0 Å². The molecule has 0 radical (unpaired) electrons. The van der Waals surface area contributed by atoms with E-state index in [9.17, 15) is 9.59 Å². The van der Waals surface area contributed by atoms with Gasteiger partial charge in [-0.2, -0.15) is 5.10 Å². The highest BCUT2D eigenvalue weighted by molar-refractivity contribution is 7.13. The van der Waals surface area contributed by atoms with Gasteiger partial charge in [0.25, 0.3) is 5.91 Å². The molecular formula is C19H20N4O5S. The zero-order valence-corrected chi connectivity index (χ0v) is 17.0. The molecule has 9 nitrogen and oxygen atoms in total. The second-order valence-corrected chi connectivity index (χ2v) is 6.84. The normalized spacial score (nSPS) is 10.4. The van der Waals surface area contributed by atoms with E-state index >= 15 is 0 Å². The molecule has 1 aromatic carbocycles. The average Bonchev–Trinajstić information content (AvgIpc) is 3.39. The predicted molar refractivity (Wildman–Crippen MR) is 106 cm³/mol. The molecule has 0 aliphatic heterocycles. The maximum Gasteiger partial charge on any atom is 0.358 e. The van der Waals surface area contributed by atoms with Crippen molar-refractivity contribution in [1.29, 1.82) is 0 Å². The van der Waals surface area contributed by atoms with Crippen molar-refractivity contribution in [2.75, 3.05) is 20.8 Å². The summed E-state index contributed by atoms with van der Waals surface area (Å²) in [6, 6.07) is 5.33. The molecule has 0 aliphatic carbocycles. The van der Waals surface area contributed by atoms with E-state index in [0.717, 1.165) is 11.1 Å². The van der Waals surface area contributed by atoms with Gasteiger partial charge in [0.05, 0.1) is 20.4 Å². The number of benzene rings is 1. The zero-order valence-electron chi connectivity index (χ0n) is 16.2. The Bertz CT molecular complexity index is 1010.